The number of furan rings is 1. The van der Waals surface area contributed by atoms with Crippen molar-refractivity contribution in [3.8, 4) is 22.8 Å². The lowest BCUT2D eigenvalue weighted by atomic mass is 10.1. The molecule has 0 aliphatic heterocycles. The van der Waals surface area contributed by atoms with Crippen LogP contribution in [0.15, 0.2) is 52.9 Å². The van der Waals surface area contributed by atoms with Crippen molar-refractivity contribution >= 4 is 23.4 Å². The van der Waals surface area contributed by atoms with E-state index >= 15 is 0 Å². The topological polar surface area (TPSA) is 82.7 Å². The summed E-state index contributed by atoms with van der Waals surface area (Å²) in [7, 11) is 0. The largest absolute Gasteiger partial charge is 0.502 e. The summed E-state index contributed by atoms with van der Waals surface area (Å²) in [6, 6.07) is 11.7. The quantitative estimate of drug-likeness (QED) is 0.655. The van der Waals surface area contributed by atoms with E-state index in [-0.39, 0.29) is 22.2 Å². The molecule has 24 heavy (non-hydrogen) atoms. The van der Waals surface area contributed by atoms with Crippen LogP contribution in [0.2, 0.25) is 5.02 Å². The summed E-state index contributed by atoms with van der Waals surface area (Å²) in [5.74, 6) is -2.85. The highest BCUT2D eigenvalue weighted by atomic mass is 35.5. The molecule has 0 radical (unpaired) electrons. The van der Waals surface area contributed by atoms with Gasteiger partial charge in [-0.05, 0) is 30.3 Å². The van der Waals surface area contributed by atoms with Crippen LogP contribution in [0.1, 0.15) is 10.4 Å². The van der Waals surface area contributed by atoms with Crippen molar-refractivity contribution in [2.75, 3.05) is 5.32 Å². The molecule has 0 saturated heterocycles. The highest BCUT2D eigenvalue weighted by Gasteiger charge is 2.24. The van der Waals surface area contributed by atoms with Crippen molar-refractivity contribution in [3.63, 3.8) is 0 Å². The van der Waals surface area contributed by atoms with Crippen LogP contribution >= 0.6 is 11.6 Å². The number of carbonyl (C=O) groups excluding carboxylic acids is 1. The lowest BCUT2D eigenvalue weighted by Crippen LogP contribution is -2.11. The molecule has 1 aromatic heterocycles. The molecule has 0 unspecified atom stereocenters. The van der Waals surface area contributed by atoms with Crippen molar-refractivity contribution < 1.29 is 23.8 Å². The van der Waals surface area contributed by atoms with Crippen LogP contribution in [0.3, 0.4) is 0 Å². The second-order valence-electron chi connectivity index (χ2n) is 4.90. The number of halogens is 2. The van der Waals surface area contributed by atoms with Crippen molar-refractivity contribution in [2.45, 2.75) is 0 Å². The summed E-state index contributed by atoms with van der Waals surface area (Å²) in [4.78, 5) is 12.1. The molecule has 0 atom stereocenters. The SMILES string of the molecule is O=C(Nc1oc(-c2ccc(F)cc2Cl)c(O)c1O)c1ccccc1. The van der Waals surface area contributed by atoms with Crippen LogP contribution in [0.5, 0.6) is 11.5 Å². The monoisotopic (exact) mass is 347 g/mol. The van der Waals surface area contributed by atoms with Gasteiger partial charge in [0, 0.05) is 11.1 Å². The highest BCUT2D eigenvalue weighted by molar-refractivity contribution is 6.33. The Morgan fingerprint density at radius 2 is 1.79 bits per heavy atom. The summed E-state index contributed by atoms with van der Waals surface area (Å²) in [6.45, 7) is 0. The van der Waals surface area contributed by atoms with Crippen molar-refractivity contribution in [3.05, 3.63) is 64.9 Å². The average molecular weight is 348 g/mol. The van der Waals surface area contributed by atoms with Crippen LogP contribution < -0.4 is 5.32 Å². The zero-order valence-corrected chi connectivity index (χ0v) is 12.8. The van der Waals surface area contributed by atoms with E-state index in [4.69, 9.17) is 16.0 Å². The number of hydrogen-bond donors (Lipinski definition) is 3. The summed E-state index contributed by atoms with van der Waals surface area (Å²) >= 11 is 5.92. The normalized spacial score (nSPS) is 10.6. The Morgan fingerprint density at radius 1 is 1.08 bits per heavy atom. The van der Waals surface area contributed by atoms with Crippen LogP contribution in [0, 0.1) is 5.82 Å². The van der Waals surface area contributed by atoms with Crippen LogP contribution in [-0.4, -0.2) is 16.1 Å². The predicted molar refractivity (Wildman–Crippen MR) is 86.8 cm³/mol. The molecule has 3 N–H and O–H groups in total. The van der Waals surface area contributed by atoms with Gasteiger partial charge in [0.2, 0.25) is 17.4 Å². The number of anilines is 1. The van der Waals surface area contributed by atoms with Crippen LogP contribution in [0.25, 0.3) is 11.3 Å². The Balaban J connectivity index is 1.95. The summed E-state index contributed by atoms with van der Waals surface area (Å²) in [5, 5.41) is 22.3. The molecule has 0 bridgehead atoms. The number of rotatable bonds is 3. The molecule has 3 rings (SSSR count). The Kier molecular flexibility index (Phi) is 4.14. The lowest BCUT2D eigenvalue weighted by Gasteiger charge is -2.02. The van der Waals surface area contributed by atoms with E-state index in [2.05, 4.69) is 5.32 Å². The molecule has 3 aromatic rings. The van der Waals surface area contributed by atoms with Gasteiger partial charge < -0.3 is 14.6 Å². The maximum absolute atomic E-state index is 13.1. The van der Waals surface area contributed by atoms with Gasteiger partial charge >= 0.3 is 0 Å². The van der Waals surface area contributed by atoms with Crippen molar-refractivity contribution in [2.24, 2.45) is 0 Å². The van der Waals surface area contributed by atoms with Gasteiger partial charge in [0.1, 0.15) is 5.82 Å². The highest BCUT2D eigenvalue weighted by Crippen LogP contribution is 2.47. The smallest absolute Gasteiger partial charge is 0.258 e. The van der Waals surface area contributed by atoms with E-state index in [1.54, 1.807) is 30.3 Å². The zero-order chi connectivity index (χ0) is 17.3. The number of amides is 1. The first kappa shape index (κ1) is 15.9. The maximum atomic E-state index is 13.1. The third-order valence-corrected chi connectivity index (χ3v) is 3.61. The summed E-state index contributed by atoms with van der Waals surface area (Å²) in [5.41, 5.74) is 0.514. The molecular formula is C17H11ClFNO4. The van der Waals surface area contributed by atoms with Crippen LogP contribution in [-0.2, 0) is 0 Å². The first-order chi connectivity index (χ1) is 11.5. The van der Waals surface area contributed by atoms with E-state index in [1.165, 1.54) is 6.07 Å². The fourth-order valence-electron chi connectivity index (χ4n) is 2.12. The molecule has 0 fully saturated rings. The third kappa shape index (κ3) is 2.91. The molecular weight excluding hydrogens is 337 g/mol. The molecule has 1 heterocycles. The van der Waals surface area contributed by atoms with Gasteiger partial charge in [-0.2, -0.15) is 0 Å². The van der Waals surface area contributed by atoms with Gasteiger partial charge in [-0.3, -0.25) is 10.1 Å². The number of hydrogen-bond acceptors (Lipinski definition) is 4. The van der Waals surface area contributed by atoms with Gasteiger partial charge in [0.15, 0.2) is 5.76 Å². The number of carbonyl (C=O) groups is 1. The van der Waals surface area contributed by atoms with E-state index in [0.29, 0.717) is 5.56 Å². The Hall–Kier alpha value is -2.99. The van der Waals surface area contributed by atoms with Gasteiger partial charge in [0.05, 0.1) is 5.02 Å². The minimum Gasteiger partial charge on any atom is -0.502 e. The van der Waals surface area contributed by atoms with Gasteiger partial charge in [0.25, 0.3) is 5.91 Å². The van der Waals surface area contributed by atoms with Crippen molar-refractivity contribution in [1.29, 1.82) is 0 Å². The van der Waals surface area contributed by atoms with Crippen LogP contribution in [0.4, 0.5) is 10.3 Å². The molecule has 0 saturated carbocycles. The third-order valence-electron chi connectivity index (χ3n) is 3.30. The van der Waals surface area contributed by atoms with E-state index in [0.717, 1.165) is 12.1 Å². The molecule has 0 spiro atoms. The lowest BCUT2D eigenvalue weighted by molar-refractivity contribution is 0.102. The molecule has 0 aliphatic carbocycles. The number of nitrogens with one attached hydrogen (secondary N) is 1. The second kappa shape index (κ2) is 6.25. The fraction of sp³-hybridized carbons (Fsp3) is 0. The molecule has 0 aliphatic rings. The molecule has 7 heteroatoms. The van der Waals surface area contributed by atoms with Crippen molar-refractivity contribution in [1.82, 2.24) is 0 Å². The summed E-state index contributed by atoms with van der Waals surface area (Å²) in [6.07, 6.45) is 0. The Bertz CT molecular complexity index is 908. The van der Waals surface area contributed by atoms with E-state index in [1.807, 2.05) is 0 Å². The predicted octanol–water partition coefficient (Wildman–Crippen LogP) is 4.40. The standard InChI is InChI=1S/C17H11ClFNO4/c18-12-8-10(19)6-7-11(12)15-13(21)14(22)17(24-15)20-16(23)9-4-2-1-3-5-9/h1-8,21-22H,(H,20,23). The first-order valence-corrected chi connectivity index (χ1v) is 7.21. The molecule has 5 nitrogen and oxygen atoms in total. The molecule has 2 aromatic carbocycles. The van der Waals surface area contributed by atoms with E-state index < -0.39 is 23.2 Å². The minimum atomic E-state index is -0.644. The molecule has 1 amide bonds. The number of benzene rings is 2. The van der Waals surface area contributed by atoms with Gasteiger partial charge in [-0.25, -0.2) is 4.39 Å². The molecule has 122 valence electrons. The number of aromatic hydroxyl groups is 2. The van der Waals surface area contributed by atoms with E-state index in [9.17, 15) is 19.4 Å². The average Bonchev–Trinajstić information content (AvgIpc) is 2.84. The minimum absolute atomic E-state index is 0.0139. The van der Waals surface area contributed by atoms with Gasteiger partial charge in [-0.15, -0.1) is 0 Å². The maximum Gasteiger partial charge on any atom is 0.258 e. The summed E-state index contributed by atoms with van der Waals surface area (Å²) < 4.78 is 18.4. The van der Waals surface area contributed by atoms with Gasteiger partial charge in [-0.1, -0.05) is 29.8 Å². The zero-order valence-electron chi connectivity index (χ0n) is 12.1. The Morgan fingerprint density at radius 3 is 2.46 bits per heavy atom. The first-order valence-electron chi connectivity index (χ1n) is 6.84. The second-order valence-corrected chi connectivity index (χ2v) is 5.31. The Labute approximate surface area is 140 Å². The fourth-order valence-corrected chi connectivity index (χ4v) is 2.37.